The Morgan fingerprint density at radius 3 is 2.23 bits per heavy atom. The second-order valence-corrected chi connectivity index (χ2v) is 3.22. The van der Waals surface area contributed by atoms with Crippen molar-refractivity contribution in [2.75, 3.05) is 13.1 Å². The third-order valence-corrected chi connectivity index (χ3v) is 2.15. The van der Waals surface area contributed by atoms with Crippen molar-refractivity contribution in [1.29, 1.82) is 0 Å². The third-order valence-electron chi connectivity index (χ3n) is 2.15. The van der Waals surface area contributed by atoms with E-state index in [1.807, 2.05) is 13.8 Å². The molecule has 0 saturated heterocycles. The van der Waals surface area contributed by atoms with Crippen LogP contribution < -0.4 is 11.1 Å². The highest BCUT2D eigenvalue weighted by molar-refractivity contribution is 4.74. The number of alkyl halides is 3. The van der Waals surface area contributed by atoms with Gasteiger partial charge >= 0.3 is 6.18 Å². The Balaban J connectivity index is 3.85. The molecule has 0 amide bonds. The summed E-state index contributed by atoms with van der Waals surface area (Å²) >= 11 is 0. The fourth-order valence-electron chi connectivity index (χ4n) is 1.05. The van der Waals surface area contributed by atoms with Crippen LogP contribution in [0.1, 0.15) is 20.3 Å². The van der Waals surface area contributed by atoms with Gasteiger partial charge in [0, 0.05) is 12.6 Å². The Morgan fingerprint density at radius 1 is 1.38 bits per heavy atom. The summed E-state index contributed by atoms with van der Waals surface area (Å²) in [5.74, 6) is 0.173. The maximum atomic E-state index is 11.8. The number of halogens is 3. The summed E-state index contributed by atoms with van der Waals surface area (Å²) in [4.78, 5) is 0. The predicted molar refractivity (Wildman–Crippen MR) is 46.4 cm³/mol. The normalized spacial score (nSPS) is 17.1. The van der Waals surface area contributed by atoms with Crippen LogP contribution in [0.4, 0.5) is 13.2 Å². The number of hydrogen-bond donors (Lipinski definition) is 2. The molecule has 2 nitrogen and oxygen atoms in total. The van der Waals surface area contributed by atoms with Gasteiger partial charge in [0.15, 0.2) is 0 Å². The lowest BCUT2D eigenvalue weighted by Crippen LogP contribution is -2.45. The molecule has 0 saturated carbocycles. The van der Waals surface area contributed by atoms with Crippen LogP contribution in [0.3, 0.4) is 0 Å². The summed E-state index contributed by atoms with van der Waals surface area (Å²) in [6, 6.07) is -0.244. The predicted octanol–water partition coefficient (Wildman–Crippen LogP) is 1.51. The topological polar surface area (TPSA) is 38.0 Å². The van der Waals surface area contributed by atoms with E-state index in [1.54, 1.807) is 0 Å². The van der Waals surface area contributed by atoms with E-state index in [0.717, 1.165) is 6.42 Å². The summed E-state index contributed by atoms with van der Waals surface area (Å²) in [6.07, 6.45) is -3.33. The third kappa shape index (κ3) is 5.87. The Kier molecular flexibility index (Phi) is 5.32. The van der Waals surface area contributed by atoms with E-state index in [9.17, 15) is 13.2 Å². The molecule has 13 heavy (non-hydrogen) atoms. The Labute approximate surface area is 76.7 Å². The van der Waals surface area contributed by atoms with Gasteiger partial charge in [-0.3, -0.25) is 0 Å². The molecular formula is C8H17F3N2. The van der Waals surface area contributed by atoms with E-state index in [2.05, 4.69) is 5.32 Å². The molecule has 5 heteroatoms. The zero-order valence-corrected chi connectivity index (χ0v) is 7.99. The lowest BCUT2D eigenvalue weighted by molar-refractivity contribution is -0.126. The largest absolute Gasteiger partial charge is 0.401 e. The molecule has 0 aliphatic rings. The number of rotatable bonds is 5. The van der Waals surface area contributed by atoms with Crippen LogP contribution in [-0.4, -0.2) is 25.3 Å². The molecule has 0 spiro atoms. The van der Waals surface area contributed by atoms with Gasteiger partial charge in [-0.25, -0.2) is 0 Å². The molecule has 0 aromatic heterocycles. The first-order valence-electron chi connectivity index (χ1n) is 4.41. The van der Waals surface area contributed by atoms with Gasteiger partial charge in [0.2, 0.25) is 0 Å². The lowest BCUT2D eigenvalue weighted by atomic mass is 9.99. The maximum Gasteiger partial charge on any atom is 0.401 e. The van der Waals surface area contributed by atoms with E-state index in [1.165, 1.54) is 0 Å². The lowest BCUT2D eigenvalue weighted by Gasteiger charge is -2.23. The summed E-state index contributed by atoms with van der Waals surface area (Å²) in [5.41, 5.74) is 5.35. The highest BCUT2D eigenvalue weighted by Gasteiger charge is 2.28. The molecule has 0 aliphatic heterocycles. The summed E-state index contributed by atoms with van der Waals surface area (Å²) < 4.78 is 35.4. The number of hydrogen-bond acceptors (Lipinski definition) is 2. The van der Waals surface area contributed by atoms with Crippen molar-refractivity contribution in [3.63, 3.8) is 0 Å². The molecular weight excluding hydrogens is 181 g/mol. The van der Waals surface area contributed by atoms with Crippen LogP contribution in [0.25, 0.3) is 0 Å². The van der Waals surface area contributed by atoms with E-state index < -0.39 is 12.7 Å². The minimum absolute atomic E-state index is 0.173. The molecule has 0 radical (unpaired) electrons. The zero-order chi connectivity index (χ0) is 10.5. The van der Waals surface area contributed by atoms with Crippen molar-refractivity contribution in [3.8, 4) is 0 Å². The van der Waals surface area contributed by atoms with E-state index in [0.29, 0.717) is 0 Å². The van der Waals surface area contributed by atoms with Gasteiger partial charge < -0.3 is 11.1 Å². The molecule has 0 heterocycles. The summed E-state index contributed by atoms with van der Waals surface area (Å²) in [6.45, 7) is 3.10. The summed E-state index contributed by atoms with van der Waals surface area (Å²) in [5, 5.41) is 2.41. The minimum Gasteiger partial charge on any atom is -0.329 e. The monoisotopic (exact) mass is 198 g/mol. The van der Waals surface area contributed by atoms with E-state index in [-0.39, 0.29) is 18.5 Å². The molecule has 3 N–H and O–H groups in total. The molecule has 0 aromatic rings. The second kappa shape index (κ2) is 5.44. The molecule has 0 aromatic carbocycles. The van der Waals surface area contributed by atoms with Gasteiger partial charge in [0.05, 0.1) is 6.54 Å². The van der Waals surface area contributed by atoms with Crippen LogP contribution in [0, 0.1) is 5.92 Å². The van der Waals surface area contributed by atoms with Crippen molar-refractivity contribution in [3.05, 3.63) is 0 Å². The Bertz CT molecular complexity index is 136. The summed E-state index contributed by atoms with van der Waals surface area (Å²) in [7, 11) is 0. The minimum atomic E-state index is -4.15. The molecule has 80 valence electrons. The quantitative estimate of drug-likeness (QED) is 0.702. The van der Waals surface area contributed by atoms with Gasteiger partial charge in [-0.1, -0.05) is 20.3 Å². The van der Waals surface area contributed by atoms with Crippen LogP contribution in [0.2, 0.25) is 0 Å². The van der Waals surface area contributed by atoms with E-state index in [4.69, 9.17) is 5.73 Å². The number of nitrogens with two attached hydrogens (primary N) is 1. The first-order chi connectivity index (χ1) is 5.90. The highest BCUT2D eigenvalue weighted by Crippen LogP contribution is 2.14. The first kappa shape index (κ1) is 12.7. The number of nitrogens with one attached hydrogen (secondary N) is 1. The first-order valence-corrected chi connectivity index (χ1v) is 4.41. The van der Waals surface area contributed by atoms with Crippen LogP contribution in [0.15, 0.2) is 0 Å². The fraction of sp³-hybridized carbons (Fsp3) is 1.00. The van der Waals surface area contributed by atoms with Gasteiger partial charge in [0.25, 0.3) is 0 Å². The highest BCUT2D eigenvalue weighted by atomic mass is 19.4. The molecule has 2 atom stereocenters. The molecule has 0 rings (SSSR count). The average molecular weight is 198 g/mol. The standard InChI is InChI=1S/C8H17F3N2/c1-3-6(2)7(4-12)13-5-8(9,10)11/h6-7,13H,3-5,12H2,1-2H3. The Hall–Kier alpha value is -0.290. The van der Waals surface area contributed by atoms with Crippen molar-refractivity contribution < 1.29 is 13.2 Å². The Morgan fingerprint density at radius 2 is 1.92 bits per heavy atom. The van der Waals surface area contributed by atoms with Gasteiger partial charge in [-0.15, -0.1) is 0 Å². The van der Waals surface area contributed by atoms with Crippen molar-refractivity contribution in [2.45, 2.75) is 32.5 Å². The average Bonchev–Trinajstić information content (AvgIpc) is 2.03. The molecule has 0 fully saturated rings. The van der Waals surface area contributed by atoms with Gasteiger partial charge in [-0.2, -0.15) is 13.2 Å². The molecule has 0 aliphatic carbocycles. The van der Waals surface area contributed by atoms with E-state index >= 15 is 0 Å². The van der Waals surface area contributed by atoms with Crippen LogP contribution in [0.5, 0.6) is 0 Å². The second-order valence-electron chi connectivity index (χ2n) is 3.22. The maximum absolute atomic E-state index is 11.8. The van der Waals surface area contributed by atoms with Crippen LogP contribution >= 0.6 is 0 Å². The van der Waals surface area contributed by atoms with Crippen molar-refractivity contribution in [2.24, 2.45) is 11.7 Å². The SMILES string of the molecule is CCC(C)C(CN)NCC(F)(F)F. The zero-order valence-electron chi connectivity index (χ0n) is 7.99. The fourth-order valence-corrected chi connectivity index (χ4v) is 1.05. The smallest absolute Gasteiger partial charge is 0.329 e. The van der Waals surface area contributed by atoms with Crippen LogP contribution in [-0.2, 0) is 0 Å². The molecule has 2 unspecified atom stereocenters. The van der Waals surface area contributed by atoms with Gasteiger partial charge in [-0.05, 0) is 5.92 Å². The van der Waals surface area contributed by atoms with Gasteiger partial charge in [0.1, 0.15) is 0 Å². The van der Waals surface area contributed by atoms with Crippen molar-refractivity contribution >= 4 is 0 Å². The molecule has 0 bridgehead atoms. The van der Waals surface area contributed by atoms with Crippen molar-refractivity contribution in [1.82, 2.24) is 5.32 Å².